The minimum atomic E-state index is -4.50. The van der Waals surface area contributed by atoms with Crippen LogP contribution in [0.1, 0.15) is 34.5 Å². The van der Waals surface area contributed by atoms with Gasteiger partial charge in [-0.1, -0.05) is 19.1 Å². The molecule has 118 valence electrons. The van der Waals surface area contributed by atoms with E-state index in [-0.39, 0.29) is 11.4 Å². The van der Waals surface area contributed by atoms with Crippen LogP contribution in [0, 0.1) is 6.92 Å². The predicted octanol–water partition coefficient (Wildman–Crippen LogP) is 3.55. The Kier molecular flexibility index (Phi) is 4.25. The van der Waals surface area contributed by atoms with Crippen LogP contribution in [-0.2, 0) is 17.3 Å². The molecule has 0 N–H and O–H groups in total. The molecule has 7 heteroatoms. The van der Waals surface area contributed by atoms with Gasteiger partial charge in [-0.25, -0.2) is 9.78 Å². The third kappa shape index (κ3) is 2.70. The van der Waals surface area contributed by atoms with E-state index in [4.69, 9.17) is 0 Å². The first-order valence-corrected chi connectivity index (χ1v) is 6.64. The molecule has 0 aliphatic heterocycles. The number of benzene rings is 1. The van der Waals surface area contributed by atoms with Gasteiger partial charge in [0.2, 0.25) is 0 Å². The van der Waals surface area contributed by atoms with Gasteiger partial charge in [0.05, 0.1) is 24.1 Å². The maximum Gasteiger partial charge on any atom is 0.418 e. The topological polar surface area (TPSA) is 44.1 Å². The van der Waals surface area contributed by atoms with Crippen LogP contribution >= 0.6 is 0 Å². The SMILES string of the molecule is CCc1nc(C(=O)OC)c(C)n1-c1ccccc1C(F)(F)F. The number of halogens is 3. The van der Waals surface area contributed by atoms with E-state index < -0.39 is 17.7 Å². The molecule has 1 heterocycles. The lowest BCUT2D eigenvalue weighted by molar-refractivity contribution is -0.137. The Morgan fingerprint density at radius 2 is 1.95 bits per heavy atom. The summed E-state index contributed by atoms with van der Waals surface area (Å²) >= 11 is 0. The van der Waals surface area contributed by atoms with Gasteiger partial charge in [0.1, 0.15) is 5.82 Å². The standard InChI is InChI=1S/C15H15F3N2O2/c1-4-12-19-13(14(21)22-3)9(2)20(12)11-8-6-5-7-10(11)15(16,17)18/h5-8H,4H2,1-3H3. The van der Waals surface area contributed by atoms with Gasteiger partial charge in [0.25, 0.3) is 0 Å². The fraction of sp³-hybridized carbons (Fsp3) is 0.333. The molecule has 0 fully saturated rings. The molecule has 0 atom stereocenters. The van der Waals surface area contributed by atoms with Crippen molar-refractivity contribution in [2.24, 2.45) is 0 Å². The van der Waals surface area contributed by atoms with Gasteiger partial charge < -0.3 is 4.74 Å². The van der Waals surface area contributed by atoms with Crippen LogP contribution in [0.3, 0.4) is 0 Å². The van der Waals surface area contributed by atoms with E-state index in [1.165, 1.54) is 29.9 Å². The maximum atomic E-state index is 13.2. The highest BCUT2D eigenvalue weighted by Crippen LogP contribution is 2.35. The van der Waals surface area contributed by atoms with Crippen molar-refractivity contribution in [1.29, 1.82) is 0 Å². The van der Waals surface area contributed by atoms with Gasteiger partial charge in [-0.15, -0.1) is 0 Å². The number of imidazole rings is 1. The van der Waals surface area contributed by atoms with Crippen molar-refractivity contribution in [3.63, 3.8) is 0 Å². The summed E-state index contributed by atoms with van der Waals surface area (Å²) in [7, 11) is 1.20. The summed E-state index contributed by atoms with van der Waals surface area (Å²) < 4.78 is 45.6. The lowest BCUT2D eigenvalue weighted by atomic mass is 10.1. The number of carbonyl (C=O) groups is 1. The van der Waals surface area contributed by atoms with Crippen molar-refractivity contribution >= 4 is 5.97 Å². The normalized spacial score (nSPS) is 11.5. The summed E-state index contributed by atoms with van der Waals surface area (Å²) in [6, 6.07) is 5.20. The summed E-state index contributed by atoms with van der Waals surface area (Å²) in [6.07, 6.45) is -4.12. The molecule has 0 bridgehead atoms. The first-order chi connectivity index (χ1) is 10.3. The Morgan fingerprint density at radius 1 is 1.32 bits per heavy atom. The van der Waals surface area contributed by atoms with Crippen LogP contribution < -0.4 is 0 Å². The lowest BCUT2D eigenvalue weighted by Gasteiger charge is -2.16. The molecule has 0 spiro atoms. The Labute approximate surface area is 125 Å². The van der Waals surface area contributed by atoms with Crippen molar-refractivity contribution in [2.75, 3.05) is 7.11 Å². The molecule has 0 aliphatic carbocycles. The van der Waals surface area contributed by atoms with E-state index in [9.17, 15) is 18.0 Å². The number of hydrogen-bond acceptors (Lipinski definition) is 3. The highest BCUT2D eigenvalue weighted by Gasteiger charge is 2.35. The van der Waals surface area contributed by atoms with Crippen LogP contribution in [0.5, 0.6) is 0 Å². The molecule has 0 amide bonds. The zero-order chi connectivity index (χ0) is 16.5. The number of methoxy groups -OCH3 is 1. The molecule has 1 aromatic carbocycles. The largest absolute Gasteiger partial charge is 0.464 e. The molecule has 0 unspecified atom stereocenters. The summed E-state index contributed by atoms with van der Waals surface area (Å²) in [5.41, 5.74) is -0.481. The second-order valence-electron chi connectivity index (χ2n) is 4.66. The summed E-state index contributed by atoms with van der Waals surface area (Å²) in [6.45, 7) is 3.31. The molecular formula is C15H15F3N2O2. The van der Waals surface area contributed by atoms with E-state index in [0.717, 1.165) is 6.07 Å². The molecule has 0 saturated heterocycles. The van der Waals surface area contributed by atoms with Crippen molar-refractivity contribution in [3.05, 3.63) is 47.0 Å². The third-order valence-electron chi connectivity index (χ3n) is 3.32. The van der Waals surface area contributed by atoms with E-state index in [2.05, 4.69) is 9.72 Å². The quantitative estimate of drug-likeness (QED) is 0.814. The summed E-state index contributed by atoms with van der Waals surface area (Å²) in [5, 5.41) is 0. The van der Waals surface area contributed by atoms with Crippen molar-refractivity contribution in [2.45, 2.75) is 26.4 Å². The molecule has 1 aromatic heterocycles. The fourth-order valence-corrected chi connectivity index (χ4v) is 2.31. The minimum absolute atomic E-state index is 0.0244. The number of rotatable bonds is 3. The zero-order valence-corrected chi connectivity index (χ0v) is 12.4. The summed E-state index contributed by atoms with van der Waals surface area (Å²) in [4.78, 5) is 15.8. The average Bonchev–Trinajstić information content (AvgIpc) is 2.82. The molecule has 0 radical (unpaired) electrons. The predicted molar refractivity (Wildman–Crippen MR) is 74.0 cm³/mol. The van der Waals surface area contributed by atoms with Gasteiger partial charge in [-0.3, -0.25) is 4.57 Å². The smallest absolute Gasteiger partial charge is 0.418 e. The second kappa shape index (κ2) is 5.82. The molecule has 22 heavy (non-hydrogen) atoms. The highest BCUT2D eigenvalue weighted by molar-refractivity contribution is 5.88. The number of hydrogen-bond donors (Lipinski definition) is 0. The minimum Gasteiger partial charge on any atom is -0.464 e. The lowest BCUT2D eigenvalue weighted by Crippen LogP contribution is -2.13. The molecule has 0 aliphatic rings. The number of alkyl halides is 3. The van der Waals surface area contributed by atoms with E-state index in [0.29, 0.717) is 17.9 Å². The molecule has 4 nitrogen and oxygen atoms in total. The molecule has 2 aromatic rings. The van der Waals surface area contributed by atoms with E-state index in [1.54, 1.807) is 13.8 Å². The van der Waals surface area contributed by atoms with Crippen LogP contribution in [0.25, 0.3) is 5.69 Å². The number of nitrogens with zero attached hydrogens (tertiary/aromatic N) is 2. The average molecular weight is 312 g/mol. The number of aromatic nitrogens is 2. The third-order valence-corrected chi connectivity index (χ3v) is 3.32. The number of carbonyl (C=O) groups excluding carboxylic acids is 1. The first-order valence-electron chi connectivity index (χ1n) is 6.64. The van der Waals surface area contributed by atoms with E-state index >= 15 is 0 Å². The fourth-order valence-electron chi connectivity index (χ4n) is 2.31. The van der Waals surface area contributed by atoms with Crippen LogP contribution in [-0.4, -0.2) is 22.6 Å². The van der Waals surface area contributed by atoms with Crippen LogP contribution in [0.15, 0.2) is 24.3 Å². The van der Waals surface area contributed by atoms with Gasteiger partial charge in [0, 0.05) is 6.42 Å². The number of aryl methyl sites for hydroxylation is 1. The molecule has 2 rings (SSSR count). The van der Waals surface area contributed by atoms with Crippen LogP contribution in [0.4, 0.5) is 13.2 Å². The molecule has 0 saturated carbocycles. The summed E-state index contributed by atoms with van der Waals surface area (Å²) in [5.74, 6) is -0.301. The number of ether oxygens (including phenoxy) is 1. The second-order valence-corrected chi connectivity index (χ2v) is 4.66. The number of para-hydroxylation sites is 1. The van der Waals surface area contributed by atoms with Gasteiger partial charge in [0.15, 0.2) is 5.69 Å². The van der Waals surface area contributed by atoms with Crippen molar-refractivity contribution < 1.29 is 22.7 Å². The number of esters is 1. The van der Waals surface area contributed by atoms with Crippen LogP contribution in [0.2, 0.25) is 0 Å². The Morgan fingerprint density at radius 3 is 2.50 bits per heavy atom. The monoisotopic (exact) mass is 312 g/mol. The Bertz CT molecular complexity index is 705. The first kappa shape index (κ1) is 16.1. The molecular weight excluding hydrogens is 297 g/mol. The van der Waals surface area contributed by atoms with Gasteiger partial charge >= 0.3 is 12.1 Å². The highest BCUT2D eigenvalue weighted by atomic mass is 19.4. The zero-order valence-electron chi connectivity index (χ0n) is 12.4. The maximum absolute atomic E-state index is 13.2. The van der Waals surface area contributed by atoms with Crippen molar-refractivity contribution in [3.8, 4) is 5.69 Å². The van der Waals surface area contributed by atoms with E-state index in [1.807, 2.05) is 0 Å². The van der Waals surface area contributed by atoms with Gasteiger partial charge in [-0.2, -0.15) is 13.2 Å². The van der Waals surface area contributed by atoms with Gasteiger partial charge in [-0.05, 0) is 19.1 Å². The van der Waals surface area contributed by atoms with Crippen molar-refractivity contribution in [1.82, 2.24) is 9.55 Å². The Balaban J connectivity index is 2.73. The Hall–Kier alpha value is -2.31.